The molecule has 11 heteroatoms. The normalized spacial score (nSPS) is 19.8. The molecule has 2 heterocycles. The molecular weight excluding hydrogens is 378 g/mol. The molecule has 0 saturated carbocycles. The monoisotopic (exact) mass is 389 g/mol. The smallest absolute Gasteiger partial charge is 0.325 e. The van der Waals surface area contributed by atoms with Crippen molar-refractivity contribution in [1.82, 2.24) is 9.97 Å². The number of nitrogens with one attached hydrogen (secondary N) is 2. The van der Waals surface area contributed by atoms with E-state index in [9.17, 15) is 18.0 Å². The fourth-order valence-corrected chi connectivity index (χ4v) is 4.86. The molecule has 128 valence electrons. The van der Waals surface area contributed by atoms with Gasteiger partial charge in [-0.2, -0.15) is 0 Å². The van der Waals surface area contributed by atoms with Gasteiger partial charge in [0.15, 0.2) is 0 Å². The van der Waals surface area contributed by atoms with Gasteiger partial charge < -0.3 is 9.72 Å². The minimum absolute atomic E-state index is 0.000182. The Morgan fingerprint density at radius 1 is 1.29 bits per heavy atom. The SMILES string of the molecule is NS(=O)(=O)C1(SCc2cc(=O)[nH]c(=O)[nH]2)Cc2cc(Cl)ccc2O1. The Morgan fingerprint density at radius 3 is 2.71 bits per heavy atom. The van der Waals surface area contributed by atoms with Crippen molar-refractivity contribution < 1.29 is 13.2 Å². The van der Waals surface area contributed by atoms with E-state index in [4.69, 9.17) is 21.5 Å². The van der Waals surface area contributed by atoms with Gasteiger partial charge >= 0.3 is 5.69 Å². The molecule has 0 saturated heterocycles. The molecule has 0 aliphatic carbocycles. The number of benzene rings is 1. The minimum atomic E-state index is -4.12. The quantitative estimate of drug-likeness (QED) is 0.697. The number of halogens is 1. The zero-order chi connectivity index (χ0) is 17.5. The van der Waals surface area contributed by atoms with Gasteiger partial charge in [0, 0.05) is 34.5 Å². The Balaban J connectivity index is 1.92. The summed E-state index contributed by atoms with van der Waals surface area (Å²) in [4.78, 5) is 27.1. The average Bonchev–Trinajstić information content (AvgIpc) is 2.83. The fourth-order valence-electron chi connectivity index (χ4n) is 2.33. The first-order valence-corrected chi connectivity index (χ1v) is 9.56. The fraction of sp³-hybridized carbons (Fsp3) is 0.231. The van der Waals surface area contributed by atoms with Crippen LogP contribution in [0.15, 0.2) is 33.9 Å². The largest absolute Gasteiger partial charge is 0.460 e. The van der Waals surface area contributed by atoms with E-state index in [1.54, 1.807) is 18.2 Å². The Bertz CT molecular complexity index is 989. The lowest BCUT2D eigenvalue weighted by atomic mass is 10.2. The van der Waals surface area contributed by atoms with Crippen molar-refractivity contribution in [1.29, 1.82) is 0 Å². The summed E-state index contributed by atoms with van der Waals surface area (Å²) in [5, 5.41) is 5.82. The summed E-state index contributed by atoms with van der Waals surface area (Å²) in [5.74, 6) is 0.387. The lowest BCUT2D eigenvalue weighted by molar-refractivity contribution is 0.274. The van der Waals surface area contributed by atoms with E-state index in [1.807, 2.05) is 4.98 Å². The van der Waals surface area contributed by atoms with E-state index in [1.165, 1.54) is 6.07 Å². The summed E-state index contributed by atoms with van der Waals surface area (Å²) >= 11 is 6.79. The number of rotatable bonds is 4. The number of aromatic amines is 2. The van der Waals surface area contributed by atoms with Gasteiger partial charge in [-0.1, -0.05) is 23.4 Å². The second-order valence-corrected chi connectivity index (χ2v) is 8.84. The van der Waals surface area contributed by atoms with Gasteiger partial charge in [-0.05, 0) is 18.2 Å². The number of aromatic nitrogens is 2. The molecule has 0 bridgehead atoms. The first kappa shape index (κ1) is 17.1. The molecule has 1 aliphatic rings. The van der Waals surface area contributed by atoms with Gasteiger partial charge in [0.05, 0.1) is 0 Å². The molecule has 2 aromatic rings. The van der Waals surface area contributed by atoms with Crippen molar-refractivity contribution >= 4 is 33.4 Å². The zero-order valence-corrected chi connectivity index (χ0v) is 14.4. The van der Waals surface area contributed by atoms with Crippen LogP contribution in [-0.2, 0) is 22.2 Å². The molecule has 8 nitrogen and oxygen atoms in total. The molecular formula is C13H12ClN3O5S2. The topological polar surface area (TPSA) is 135 Å². The Morgan fingerprint density at radius 2 is 2.04 bits per heavy atom. The number of H-pyrrole nitrogens is 2. The predicted molar refractivity (Wildman–Crippen MR) is 90.6 cm³/mol. The first-order chi connectivity index (χ1) is 11.2. The lowest BCUT2D eigenvalue weighted by Crippen LogP contribution is -2.44. The number of thioether (sulfide) groups is 1. The van der Waals surface area contributed by atoms with E-state index in [0.717, 1.165) is 11.8 Å². The van der Waals surface area contributed by atoms with Crippen molar-refractivity contribution in [2.45, 2.75) is 16.4 Å². The Hall–Kier alpha value is -1.75. The van der Waals surface area contributed by atoms with E-state index in [2.05, 4.69) is 4.98 Å². The highest BCUT2D eigenvalue weighted by atomic mass is 35.5. The summed E-state index contributed by atoms with van der Waals surface area (Å²) in [6.45, 7) is 0. The van der Waals surface area contributed by atoms with E-state index >= 15 is 0 Å². The number of sulfonamides is 1. The minimum Gasteiger partial charge on any atom is -0.460 e. The highest BCUT2D eigenvalue weighted by Gasteiger charge is 2.50. The van der Waals surface area contributed by atoms with Crippen LogP contribution in [0.1, 0.15) is 11.3 Å². The molecule has 0 fully saturated rings. The number of hydrogen-bond acceptors (Lipinski definition) is 6. The van der Waals surface area contributed by atoms with Gasteiger partial charge in [-0.25, -0.2) is 18.4 Å². The molecule has 1 aromatic heterocycles. The summed E-state index contributed by atoms with van der Waals surface area (Å²) in [7, 11) is -4.12. The number of nitrogens with two attached hydrogens (primary N) is 1. The van der Waals surface area contributed by atoms with E-state index < -0.39 is 25.5 Å². The van der Waals surface area contributed by atoms with E-state index in [0.29, 0.717) is 16.3 Å². The molecule has 0 radical (unpaired) electrons. The van der Waals surface area contributed by atoms with Crippen LogP contribution in [0.25, 0.3) is 0 Å². The molecule has 1 aromatic carbocycles. The molecule has 0 spiro atoms. The van der Waals surface area contributed by atoms with Gasteiger partial charge in [0.25, 0.3) is 19.8 Å². The number of ether oxygens (including phenoxy) is 1. The maximum absolute atomic E-state index is 12.1. The summed E-state index contributed by atoms with van der Waals surface area (Å²) in [6.07, 6.45) is -0.000182. The Kier molecular flexibility index (Phi) is 4.24. The molecule has 1 aliphatic heterocycles. The van der Waals surface area contributed by atoms with Gasteiger partial charge in [0.2, 0.25) is 0 Å². The molecule has 4 N–H and O–H groups in total. The molecule has 1 unspecified atom stereocenters. The standard InChI is InChI=1S/C13H12ClN3O5S2/c14-8-1-2-10-7(3-8)5-13(22-10,24(15,20)21)23-6-9-4-11(18)17-12(19)16-9/h1-4H,5-6H2,(H2,15,20,21)(H2,16,17,18,19). The van der Waals surface area contributed by atoms with E-state index in [-0.39, 0.29) is 17.9 Å². The first-order valence-electron chi connectivity index (χ1n) is 6.65. The molecule has 1 atom stereocenters. The van der Waals surface area contributed by atoms with Gasteiger partial charge in [-0.3, -0.25) is 9.78 Å². The zero-order valence-electron chi connectivity index (χ0n) is 12.0. The summed E-state index contributed by atoms with van der Waals surface area (Å²) in [5.41, 5.74) is -0.385. The van der Waals surface area contributed by atoms with Gasteiger partial charge in [-0.15, -0.1) is 0 Å². The van der Waals surface area contributed by atoms with Crippen LogP contribution in [-0.4, -0.2) is 22.7 Å². The number of fused-ring (bicyclic) bond motifs is 1. The van der Waals surface area contributed by atoms with Gasteiger partial charge in [0.1, 0.15) is 5.75 Å². The van der Waals surface area contributed by atoms with Crippen LogP contribution in [0, 0.1) is 0 Å². The number of hydrogen-bond donors (Lipinski definition) is 3. The lowest BCUT2D eigenvalue weighted by Gasteiger charge is -2.25. The van der Waals surface area contributed by atoms with Crippen LogP contribution in [0.4, 0.5) is 0 Å². The van der Waals surface area contributed by atoms with Crippen LogP contribution >= 0.6 is 23.4 Å². The average molecular weight is 390 g/mol. The summed E-state index contributed by atoms with van der Waals surface area (Å²) in [6, 6.07) is 5.93. The third kappa shape index (κ3) is 3.22. The number of primary sulfonamides is 1. The molecule has 3 rings (SSSR count). The molecule has 24 heavy (non-hydrogen) atoms. The highest BCUT2D eigenvalue weighted by Crippen LogP contribution is 2.45. The Labute approximate surface area is 145 Å². The third-order valence-corrected chi connectivity index (χ3v) is 6.90. The molecule has 0 amide bonds. The maximum atomic E-state index is 12.1. The second kappa shape index (κ2) is 5.96. The van der Waals surface area contributed by atoms with Crippen LogP contribution in [0.5, 0.6) is 5.75 Å². The van der Waals surface area contributed by atoms with Crippen molar-refractivity contribution in [2.24, 2.45) is 5.14 Å². The summed E-state index contributed by atoms with van der Waals surface area (Å²) < 4.78 is 28.1. The second-order valence-electron chi connectivity index (χ2n) is 5.16. The van der Waals surface area contributed by atoms with Crippen molar-refractivity contribution in [3.63, 3.8) is 0 Å². The van der Waals surface area contributed by atoms with Crippen LogP contribution < -0.4 is 21.1 Å². The van der Waals surface area contributed by atoms with Crippen molar-refractivity contribution in [3.05, 3.63) is 61.4 Å². The van der Waals surface area contributed by atoms with Crippen molar-refractivity contribution in [2.75, 3.05) is 0 Å². The van der Waals surface area contributed by atoms with Crippen molar-refractivity contribution in [3.8, 4) is 5.75 Å². The maximum Gasteiger partial charge on any atom is 0.325 e. The highest BCUT2D eigenvalue weighted by molar-refractivity contribution is 8.13. The predicted octanol–water partition coefficient (Wildman–Crippen LogP) is 0.527. The van der Waals surface area contributed by atoms with Crippen LogP contribution in [0.2, 0.25) is 5.02 Å². The third-order valence-electron chi connectivity index (χ3n) is 3.39. The van der Waals surface area contributed by atoms with Crippen LogP contribution in [0.3, 0.4) is 0 Å².